The van der Waals surface area contributed by atoms with Crippen molar-refractivity contribution in [3.8, 4) is 5.69 Å². The van der Waals surface area contributed by atoms with Crippen LogP contribution < -0.4 is 10.2 Å². The van der Waals surface area contributed by atoms with Crippen LogP contribution in [0, 0.1) is 5.82 Å². The van der Waals surface area contributed by atoms with Crippen LogP contribution in [0.2, 0.25) is 0 Å². The molecule has 5 rings (SSSR count). The zero-order chi connectivity index (χ0) is 20.3. The number of morpholine rings is 1. The highest BCUT2D eigenvalue weighted by Gasteiger charge is 2.20. The summed E-state index contributed by atoms with van der Waals surface area (Å²) in [7, 11) is 0. The Hall–Kier alpha value is -3.59. The molecule has 30 heavy (non-hydrogen) atoms. The lowest BCUT2D eigenvalue weighted by atomic mass is 10.3. The van der Waals surface area contributed by atoms with Crippen LogP contribution in [-0.2, 0) is 11.3 Å². The first-order valence-electron chi connectivity index (χ1n) is 9.74. The summed E-state index contributed by atoms with van der Waals surface area (Å²) in [6.07, 6.45) is 5.19. The first-order chi connectivity index (χ1) is 14.8. The second kappa shape index (κ2) is 8.03. The van der Waals surface area contributed by atoms with Gasteiger partial charge >= 0.3 is 0 Å². The quantitative estimate of drug-likeness (QED) is 0.547. The monoisotopic (exact) mass is 405 g/mol. The van der Waals surface area contributed by atoms with Crippen molar-refractivity contribution in [3.63, 3.8) is 0 Å². The third-order valence-corrected chi connectivity index (χ3v) is 4.95. The molecule has 0 amide bonds. The highest BCUT2D eigenvalue weighted by Crippen LogP contribution is 2.26. The number of pyridine rings is 1. The van der Waals surface area contributed by atoms with E-state index in [1.807, 2.05) is 18.2 Å². The summed E-state index contributed by atoms with van der Waals surface area (Å²) in [5.41, 5.74) is 2.93. The lowest BCUT2D eigenvalue weighted by Gasteiger charge is -2.27. The molecule has 1 N–H and O–H groups in total. The van der Waals surface area contributed by atoms with Gasteiger partial charge in [-0.3, -0.25) is 9.55 Å². The molecule has 0 bridgehead atoms. The normalized spacial score (nSPS) is 14.2. The van der Waals surface area contributed by atoms with Gasteiger partial charge in [0.2, 0.25) is 5.95 Å². The molecule has 0 atom stereocenters. The number of hydrogen-bond acceptors (Lipinski definition) is 7. The number of imidazole rings is 1. The van der Waals surface area contributed by atoms with Gasteiger partial charge in [-0.25, -0.2) is 9.37 Å². The molecule has 1 aliphatic heterocycles. The molecule has 9 heteroatoms. The largest absolute Gasteiger partial charge is 0.378 e. The van der Waals surface area contributed by atoms with Crippen LogP contribution in [0.3, 0.4) is 0 Å². The average Bonchev–Trinajstić information content (AvgIpc) is 3.23. The average molecular weight is 405 g/mol. The van der Waals surface area contributed by atoms with Crippen LogP contribution in [-0.4, -0.2) is 50.8 Å². The second-order valence-corrected chi connectivity index (χ2v) is 6.95. The molecule has 0 spiro atoms. The molecule has 1 aromatic carbocycles. The number of anilines is 2. The van der Waals surface area contributed by atoms with Crippen molar-refractivity contribution < 1.29 is 9.13 Å². The molecule has 4 heterocycles. The zero-order valence-electron chi connectivity index (χ0n) is 16.2. The Morgan fingerprint density at radius 3 is 2.80 bits per heavy atom. The van der Waals surface area contributed by atoms with Crippen LogP contribution >= 0.6 is 0 Å². The zero-order valence-corrected chi connectivity index (χ0v) is 16.2. The summed E-state index contributed by atoms with van der Waals surface area (Å²) in [4.78, 5) is 20.3. The number of fused-ring (bicyclic) bond motifs is 1. The smallest absolute Gasteiger partial charge is 0.229 e. The van der Waals surface area contributed by atoms with Gasteiger partial charge in [0.15, 0.2) is 17.0 Å². The highest BCUT2D eigenvalue weighted by molar-refractivity contribution is 5.85. The fourth-order valence-corrected chi connectivity index (χ4v) is 3.42. The number of hydrogen-bond donors (Lipinski definition) is 1. The van der Waals surface area contributed by atoms with E-state index in [1.54, 1.807) is 29.4 Å². The summed E-state index contributed by atoms with van der Waals surface area (Å²) in [6, 6.07) is 10.3. The third-order valence-electron chi connectivity index (χ3n) is 4.95. The van der Waals surface area contributed by atoms with Crippen LogP contribution in [0.1, 0.15) is 5.56 Å². The van der Waals surface area contributed by atoms with E-state index < -0.39 is 0 Å². The molecule has 152 valence electrons. The summed E-state index contributed by atoms with van der Waals surface area (Å²) in [5, 5.41) is 3.36. The topological polar surface area (TPSA) is 81.0 Å². The molecule has 0 aliphatic carbocycles. The van der Waals surface area contributed by atoms with Crippen molar-refractivity contribution in [3.05, 3.63) is 66.5 Å². The minimum atomic E-state index is -0.313. The lowest BCUT2D eigenvalue weighted by molar-refractivity contribution is 0.122. The number of ether oxygens (including phenoxy) is 1. The van der Waals surface area contributed by atoms with Crippen molar-refractivity contribution in [2.24, 2.45) is 0 Å². The van der Waals surface area contributed by atoms with E-state index in [9.17, 15) is 4.39 Å². The number of aromatic nitrogens is 5. The van der Waals surface area contributed by atoms with E-state index in [0.29, 0.717) is 61.5 Å². The number of nitrogens with one attached hydrogen (secondary N) is 1. The van der Waals surface area contributed by atoms with E-state index in [0.717, 1.165) is 5.56 Å². The Kier molecular flexibility index (Phi) is 4.94. The summed E-state index contributed by atoms with van der Waals surface area (Å²) in [6.45, 7) is 3.23. The Bertz CT molecular complexity index is 1160. The standard InChI is InChI=1S/C21H20FN7O/c22-16-4-1-5-17(11-16)29-14-25-18-19(24-13-15-3-2-6-23-12-15)26-21(27-20(18)29)28-7-9-30-10-8-28/h1-6,11-12,14H,7-10,13H2,(H,24,26,27). The summed E-state index contributed by atoms with van der Waals surface area (Å²) < 4.78 is 21.0. The maximum absolute atomic E-state index is 13.8. The van der Waals surface area contributed by atoms with Crippen molar-refractivity contribution in [2.45, 2.75) is 6.54 Å². The molecular weight excluding hydrogens is 385 g/mol. The predicted octanol–water partition coefficient (Wildman–Crippen LogP) is 2.80. The molecule has 1 saturated heterocycles. The predicted molar refractivity (Wildman–Crippen MR) is 111 cm³/mol. The Morgan fingerprint density at radius 1 is 1.10 bits per heavy atom. The molecular formula is C21H20FN7O. The maximum Gasteiger partial charge on any atom is 0.229 e. The fraction of sp³-hybridized carbons (Fsp3) is 0.238. The molecule has 0 saturated carbocycles. The van der Waals surface area contributed by atoms with Gasteiger partial charge in [0.05, 0.1) is 18.9 Å². The molecule has 1 aliphatic rings. The molecule has 3 aromatic heterocycles. The highest BCUT2D eigenvalue weighted by atomic mass is 19.1. The molecule has 1 fully saturated rings. The van der Waals surface area contributed by atoms with Gasteiger partial charge in [-0.2, -0.15) is 9.97 Å². The minimum absolute atomic E-state index is 0.313. The van der Waals surface area contributed by atoms with E-state index in [1.165, 1.54) is 12.1 Å². The number of rotatable bonds is 5. The number of nitrogens with zero attached hydrogens (tertiary/aromatic N) is 6. The van der Waals surface area contributed by atoms with Gasteiger partial charge in [0, 0.05) is 32.0 Å². The molecule has 0 radical (unpaired) electrons. The third kappa shape index (κ3) is 3.67. The SMILES string of the molecule is Fc1cccc(-n2cnc3c(NCc4cccnc4)nc(N4CCOCC4)nc32)c1. The van der Waals surface area contributed by atoms with E-state index in [4.69, 9.17) is 14.7 Å². The van der Waals surface area contributed by atoms with Crippen molar-refractivity contribution in [2.75, 3.05) is 36.5 Å². The summed E-state index contributed by atoms with van der Waals surface area (Å²) in [5.74, 6) is 0.907. The van der Waals surface area contributed by atoms with Crippen LogP contribution in [0.15, 0.2) is 55.1 Å². The van der Waals surface area contributed by atoms with Crippen molar-refractivity contribution in [1.29, 1.82) is 0 Å². The van der Waals surface area contributed by atoms with Gasteiger partial charge < -0.3 is 15.0 Å². The van der Waals surface area contributed by atoms with E-state index in [-0.39, 0.29) is 5.82 Å². The maximum atomic E-state index is 13.8. The molecule has 0 unspecified atom stereocenters. The lowest BCUT2D eigenvalue weighted by Crippen LogP contribution is -2.37. The van der Waals surface area contributed by atoms with E-state index >= 15 is 0 Å². The number of halogens is 1. The van der Waals surface area contributed by atoms with Crippen molar-refractivity contribution in [1.82, 2.24) is 24.5 Å². The Labute approximate surface area is 172 Å². The van der Waals surface area contributed by atoms with Gasteiger partial charge in [0.1, 0.15) is 12.1 Å². The van der Waals surface area contributed by atoms with Gasteiger partial charge in [0.25, 0.3) is 0 Å². The van der Waals surface area contributed by atoms with Crippen LogP contribution in [0.25, 0.3) is 16.9 Å². The molecule has 8 nitrogen and oxygen atoms in total. The van der Waals surface area contributed by atoms with Crippen LogP contribution in [0.4, 0.5) is 16.2 Å². The van der Waals surface area contributed by atoms with E-state index in [2.05, 4.69) is 20.2 Å². The Morgan fingerprint density at radius 2 is 2.00 bits per heavy atom. The molecule has 4 aromatic rings. The first kappa shape index (κ1) is 18.4. The summed E-state index contributed by atoms with van der Waals surface area (Å²) >= 11 is 0. The Balaban J connectivity index is 1.58. The van der Waals surface area contributed by atoms with Gasteiger partial charge in [-0.05, 0) is 29.8 Å². The van der Waals surface area contributed by atoms with Crippen molar-refractivity contribution >= 4 is 22.9 Å². The number of benzene rings is 1. The van der Waals surface area contributed by atoms with Gasteiger partial charge in [-0.1, -0.05) is 12.1 Å². The van der Waals surface area contributed by atoms with Gasteiger partial charge in [-0.15, -0.1) is 0 Å². The van der Waals surface area contributed by atoms with Crippen LogP contribution in [0.5, 0.6) is 0 Å². The fourth-order valence-electron chi connectivity index (χ4n) is 3.42. The minimum Gasteiger partial charge on any atom is -0.378 e. The second-order valence-electron chi connectivity index (χ2n) is 6.95. The first-order valence-corrected chi connectivity index (χ1v) is 9.74.